The lowest BCUT2D eigenvalue weighted by Crippen LogP contribution is -2.08. The van der Waals surface area contributed by atoms with E-state index in [0.29, 0.717) is 11.3 Å². The topological polar surface area (TPSA) is 59.2 Å². The van der Waals surface area contributed by atoms with Crippen molar-refractivity contribution in [2.75, 3.05) is 6.61 Å². The number of esters is 1. The van der Waals surface area contributed by atoms with Crippen molar-refractivity contribution in [2.24, 2.45) is 0 Å². The van der Waals surface area contributed by atoms with Crippen LogP contribution >= 0.6 is 0 Å². The van der Waals surface area contributed by atoms with Crippen LogP contribution in [-0.4, -0.2) is 17.6 Å². The summed E-state index contributed by atoms with van der Waals surface area (Å²) in [6.45, 7) is 1.82. The van der Waals surface area contributed by atoms with Gasteiger partial charge < -0.3 is 9.72 Å². The van der Waals surface area contributed by atoms with Gasteiger partial charge in [-0.2, -0.15) is 0 Å². The molecule has 0 atom stereocenters. The van der Waals surface area contributed by atoms with Crippen LogP contribution in [0.3, 0.4) is 0 Å². The predicted octanol–water partition coefficient (Wildman–Crippen LogP) is 2.36. The minimum absolute atomic E-state index is 0.149. The molecule has 0 spiro atoms. The summed E-state index contributed by atoms with van der Waals surface area (Å²) in [6, 6.07) is 8.65. The molecule has 0 aliphatic rings. The number of ether oxygens (including phenoxy) is 1. The lowest BCUT2D eigenvalue weighted by atomic mass is 10.1. The fourth-order valence-corrected chi connectivity index (χ4v) is 1.67. The van der Waals surface area contributed by atoms with Gasteiger partial charge in [0.25, 0.3) is 0 Å². The molecule has 2 rings (SSSR count). The maximum Gasteiger partial charge on any atom is 0.341 e. The van der Waals surface area contributed by atoms with E-state index in [9.17, 15) is 14.0 Å². The first-order valence-corrected chi connectivity index (χ1v) is 5.78. The van der Waals surface area contributed by atoms with E-state index in [4.69, 9.17) is 4.74 Å². The number of carbonyl (C=O) groups excluding carboxylic acids is 1. The molecular weight excluding hydrogens is 249 g/mol. The highest BCUT2D eigenvalue weighted by Crippen LogP contribution is 2.20. The quantitative estimate of drug-likeness (QED) is 0.863. The van der Waals surface area contributed by atoms with E-state index in [0.717, 1.165) is 0 Å². The summed E-state index contributed by atoms with van der Waals surface area (Å²) < 4.78 is 18.3. The number of rotatable bonds is 3. The van der Waals surface area contributed by atoms with Crippen LogP contribution < -0.4 is 5.56 Å². The van der Waals surface area contributed by atoms with Crippen LogP contribution in [0.5, 0.6) is 0 Å². The number of pyridine rings is 1. The molecular formula is C14H12FNO3. The average Bonchev–Trinajstić information content (AvgIpc) is 2.39. The van der Waals surface area contributed by atoms with Gasteiger partial charge >= 0.3 is 5.97 Å². The van der Waals surface area contributed by atoms with Crippen molar-refractivity contribution < 1.29 is 13.9 Å². The molecule has 19 heavy (non-hydrogen) atoms. The average molecular weight is 261 g/mol. The smallest absolute Gasteiger partial charge is 0.341 e. The Morgan fingerprint density at radius 3 is 2.79 bits per heavy atom. The van der Waals surface area contributed by atoms with Crippen molar-refractivity contribution in [2.45, 2.75) is 6.92 Å². The van der Waals surface area contributed by atoms with Gasteiger partial charge in [0, 0.05) is 11.8 Å². The Balaban J connectivity index is 2.46. The number of H-pyrrole nitrogens is 1. The normalized spacial score (nSPS) is 10.2. The maximum atomic E-state index is 13.6. The zero-order valence-electron chi connectivity index (χ0n) is 10.3. The van der Waals surface area contributed by atoms with E-state index < -0.39 is 11.8 Å². The lowest BCUT2D eigenvalue weighted by molar-refractivity contribution is 0.0521. The minimum atomic E-state index is -0.722. The van der Waals surface area contributed by atoms with Crippen LogP contribution in [0.2, 0.25) is 0 Å². The fraction of sp³-hybridized carbons (Fsp3) is 0.143. The molecule has 0 aliphatic heterocycles. The molecule has 98 valence electrons. The SMILES string of the molecule is CCOC(=O)c1cc(-c2cccc(=O)[nH]2)ccc1F. The first-order valence-electron chi connectivity index (χ1n) is 5.78. The molecule has 2 aromatic rings. The molecule has 0 bridgehead atoms. The summed E-state index contributed by atoms with van der Waals surface area (Å²) >= 11 is 0. The molecule has 0 unspecified atom stereocenters. The van der Waals surface area contributed by atoms with Crippen molar-refractivity contribution >= 4 is 5.97 Å². The summed E-state index contributed by atoms with van der Waals surface area (Å²) in [5.41, 5.74) is 0.642. The summed E-state index contributed by atoms with van der Waals surface area (Å²) in [5, 5.41) is 0. The van der Waals surface area contributed by atoms with Crippen LogP contribution in [0.1, 0.15) is 17.3 Å². The van der Waals surface area contributed by atoms with Crippen LogP contribution in [-0.2, 0) is 4.74 Å². The van der Waals surface area contributed by atoms with E-state index in [-0.39, 0.29) is 17.7 Å². The van der Waals surface area contributed by atoms with Gasteiger partial charge in [-0.05, 0) is 36.8 Å². The monoisotopic (exact) mass is 261 g/mol. The number of hydrogen-bond acceptors (Lipinski definition) is 3. The third kappa shape index (κ3) is 2.88. The van der Waals surface area contributed by atoms with Crippen LogP contribution in [0.15, 0.2) is 41.2 Å². The van der Waals surface area contributed by atoms with Gasteiger partial charge in [0.1, 0.15) is 5.82 Å². The zero-order chi connectivity index (χ0) is 13.8. The molecule has 0 aliphatic carbocycles. The maximum absolute atomic E-state index is 13.6. The standard InChI is InChI=1S/C14H12FNO3/c1-2-19-14(18)10-8-9(6-7-11(10)15)12-4-3-5-13(17)16-12/h3-8H,2H2,1H3,(H,16,17). The third-order valence-corrected chi connectivity index (χ3v) is 2.54. The Kier molecular flexibility index (Phi) is 3.75. The molecule has 0 saturated carbocycles. The largest absolute Gasteiger partial charge is 0.462 e. The van der Waals surface area contributed by atoms with Crippen molar-refractivity contribution in [1.82, 2.24) is 4.98 Å². The molecule has 4 nitrogen and oxygen atoms in total. The molecule has 0 amide bonds. The predicted molar refractivity (Wildman–Crippen MR) is 68.4 cm³/mol. The van der Waals surface area contributed by atoms with Crippen molar-refractivity contribution in [3.8, 4) is 11.3 Å². The van der Waals surface area contributed by atoms with E-state index in [1.807, 2.05) is 0 Å². The lowest BCUT2D eigenvalue weighted by Gasteiger charge is -2.06. The van der Waals surface area contributed by atoms with Gasteiger partial charge in [0.2, 0.25) is 5.56 Å². The molecule has 1 aromatic heterocycles. The Labute approximate surface area is 108 Å². The number of carbonyl (C=O) groups is 1. The van der Waals surface area contributed by atoms with Crippen molar-refractivity contribution in [1.29, 1.82) is 0 Å². The highest BCUT2D eigenvalue weighted by molar-refractivity contribution is 5.91. The van der Waals surface area contributed by atoms with Crippen molar-refractivity contribution in [3.05, 3.63) is 58.1 Å². The Morgan fingerprint density at radius 1 is 1.32 bits per heavy atom. The number of benzene rings is 1. The first-order chi connectivity index (χ1) is 9.11. The number of aromatic nitrogens is 1. The van der Waals surface area contributed by atoms with Gasteiger partial charge in [0.15, 0.2) is 0 Å². The van der Waals surface area contributed by atoms with E-state index in [1.54, 1.807) is 19.1 Å². The first kappa shape index (κ1) is 13.0. The van der Waals surface area contributed by atoms with Crippen LogP contribution in [0, 0.1) is 5.82 Å². The molecule has 0 saturated heterocycles. The molecule has 0 fully saturated rings. The van der Waals surface area contributed by atoms with Gasteiger partial charge in [-0.25, -0.2) is 9.18 Å². The van der Waals surface area contributed by atoms with Crippen LogP contribution in [0.25, 0.3) is 11.3 Å². The Morgan fingerprint density at radius 2 is 2.11 bits per heavy atom. The van der Waals surface area contributed by atoms with Crippen molar-refractivity contribution in [3.63, 3.8) is 0 Å². The van der Waals surface area contributed by atoms with Crippen LogP contribution in [0.4, 0.5) is 4.39 Å². The number of halogens is 1. The summed E-state index contributed by atoms with van der Waals surface area (Å²) in [4.78, 5) is 25.4. The molecule has 0 radical (unpaired) electrons. The second kappa shape index (κ2) is 5.48. The Bertz CT molecular complexity index is 664. The molecule has 5 heteroatoms. The number of nitrogens with one attached hydrogen (secondary N) is 1. The third-order valence-electron chi connectivity index (χ3n) is 2.54. The van der Waals surface area contributed by atoms with Gasteiger partial charge in [-0.15, -0.1) is 0 Å². The van der Waals surface area contributed by atoms with E-state index >= 15 is 0 Å². The molecule has 1 heterocycles. The van der Waals surface area contributed by atoms with Gasteiger partial charge in [0.05, 0.1) is 12.2 Å². The van der Waals surface area contributed by atoms with E-state index in [2.05, 4.69) is 4.98 Å². The second-order valence-corrected chi connectivity index (χ2v) is 3.84. The Hall–Kier alpha value is -2.43. The summed E-state index contributed by atoms with van der Waals surface area (Å²) in [5.74, 6) is -1.37. The highest BCUT2D eigenvalue weighted by atomic mass is 19.1. The number of hydrogen-bond donors (Lipinski definition) is 1. The number of aromatic amines is 1. The second-order valence-electron chi connectivity index (χ2n) is 3.84. The molecule has 1 N–H and O–H groups in total. The zero-order valence-corrected chi connectivity index (χ0v) is 10.3. The van der Waals surface area contributed by atoms with Gasteiger partial charge in [-0.1, -0.05) is 6.07 Å². The summed E-state index contributed by atoms with van der Waals surface area (Å²) in [7, 11) is 0. The minimum Gasteiger partial charge on any atom is -0.462 e. The highest BCUT2D eigenvalue weighted by Gasteiger charge is 2.14. The van der Waals surface area contributed by atoms with Gasteiger partial charge in [-0.3, -0.25) is 4.79 Å². The fourth-order valence-electron chi connectivity index (χ4n) is 1.67. The summed E-state index contributed by atoms with van der Waals surface area (Å²) in [6.07, 6.45) is 0. The molecule has 1 aromatic carbocycles. The van der Waals surface area contributed by atoms with E-state index in [1.165, 1.54) is 24.3 Å².